The van der Waals surface area contributed by atoms with Gasteiger partial charge in [-0.3, -0.25) is 9.59 Å². The number of aromatic nitrogens is 12. The third kappa shape index (κ3) is 16.9. The van der Waals surface area contributed by atoms with Gasteiger partial charge in [-0.25, -0.2) is 39.0 Å². The first-order valence-corrected chi connectivity index (χ1v) is 38.7. The average Bonchev–Trinajstić information content (AvgIpc) is 1.65. The van der Waals surface area contributed by atoms with E-state index in [1.165, 1.54) is 39.0 Å². The van der Waals surface area contributed by atoms with Crippen LogP contribution in [-0.2, 0) is 4.79 Å². The van der Waals surface area contributed by atoms with Crippen molar-refractivity contribution in [1.82, 2.24) is 73.9 Å². The second kappa shape index (κ2) is 33.6. The first kappa shape index (κ1) is 76.1. The number of piperidine rings is 3. The highest BCUT2D eigenvalue weighted by molar-refractivity contribution is 6.36. The number of ketones is 1. The number of benzene rings is 3. The fourth-order valence-corrected chi connectivity index (χ4v) is 17.8. The lowest BCUT2D eigenvalue weighted by Gasteiger charge is -2.47. The minimum atomic E-state index is -0.728. The van der Waals surface area contributed by atoms with Gasteiger partial charge in [0.1, 0.15) is 28.7 Å². The maximum Gasteiger partial charge on any atom is 0.303 e. The Morgan fingerprint density at radius 3 is 1.40 bits per heavy atom. The Morgan fingerprint density at radius 2 is 0.962 bits per heavy atom. The fraction of sp³-hybridized carbons (Fsp3) is 0.520. The third-order valence-electron chi connectivity index (χ3n) is 22.2. The van der Waals surface area contributed by atoms with Crippen LogP contribution in [0.5, 0.6) is 0 Å². The van der Waals surface area contributed by atoms with Crippen molar-refractivity contribution in [3.8, 4) is 6.07 Å². The van der Waals surface area contributed by atoms with E-state index in [-0.39, 0.29) is 49.2 Å². The van der Waals surface area contributed by atoms with Crippen molar-refractivity contribution in [2.24, 2.45) is 35.5 Å². The van der Waals surface area contributed by atoms with Crippen molar-refractivity contribution in [3.05, 3.63) is 137 Å². The molecule has 6 unspecified atom stereocenters. The van der Waals surface area contributed by atoms with Gasteiger partial charge in [-0.15, -0.1) is 0 Å². The first-order valence-electron chi connectivity index (χ1n) is 36.5. The van der Waals surface area contributed by atoms with Gasteiger partial charge >= 0.3 is 5.97 Å². The topological polar surface area (TPSA) is 269 Å². The van der Waals surface area contributed by atoms with Gasteiger partial charge < -0.3 is 44.7 Å². The van der Waals surface area contributed by atoms with Gasteiger partial charge in [0.25, 0.3) is 0 Å². The summed E-state index contributed by atoms with van der Waals surface area (Å²) in [5.74, 6) is 5.21. The number of halogens is 6. The zero-order valence-corrected chi connectivity index (χ0v) is 64.3. The number of rotatable bonds is 21. The number of hydrogen-bond donors (Lipinski definition) is 3. The van der Waals surface area contributed by atoms with Gasteiger partial charge in [0, 0.05) is 122 Å². The van der Waals surface area contributed by atoms with Gasteiger partial charge in [0.15, 0.2) is 34.1 Å². The molecule has 12 heterocycles. The molecule has 0 spiro atoms. The molecule has 105 heavy (non-hydrogen) atoms. The molecular weight excluding hydrogens is 1460 g/mol. The third-order valence-corrected chi connectivity index (χ3v) is 23.8. The van der Waals surface area contributed by atoms with Gasteiger partial charge in [-0.05, 0) is 187 Å². The number of aliphatic carboxylic acids is 1. The number of nitriles is 1. The zero-order chi connectivity index (χ0) is 73.9. The second-order valence-electron chi connectivity index (χ2n) is 29.1. The number of aryl methyl sites for hydroxylation is 1. The molecule has 6 aromatic heterocycles. The smallest absolute Gasteiger partial charge is 0.303 e. The first-order chi connectivity index (χ1) is 50.6. The van der Waals surface area contributed by atoms with E-state index < -0.39 is 5.97 Å². The summed E-state index contributed by atoms with van der Waals surface area (Å²) < 4.78 is 5.39. The minimum absolute atomic E-state index is 0.0856. The summed E-state index contributed by atoms with van der Waals surface area (Å²) in [5.41, 5.74) is 7.01. The predicted molar refractivity (Wildman–Crippen MR) is 412 cm³/mol. The van der Waals surface area contributed by atoms with E-state index in [1.807, 2.05) is 55.9 Å². The summed E-state index contributed by atoms with van der Waals surface area (Å²) in [5, 5.41) is 55.3. The molecule has 6 fully saturated rings. The maximum absolute atomic E-state index is 12.3. The second-order valence-corrected chi connectivity index (χ2v) is 31.6. The number of aliphatic hydroxyl groups excluding tert-OH is 2. The summed E-state index contributed by atoms with van der Waals surface area (Å²) in [6.45, 7) is 24.4. The molecule has 0 bridgehead atoms. The number of carbonyl (C=O) groups excluding carboxylic acids is 1. The molecule has 0 radical (unpaired) electrons. The Kier molecular flexibility index (Phi) is 24.3. The molecule has 24 nitrogen and oxygen atoms in total. The van der Waals surface area contributed by atoms with Crippen LogP contribution < -0.4 is 14.7 Å². The van der Waals surface area contributed by atoms with Crippen LogP contribution in [0, 0.1) is 53.8 Å². The highest BCUT2D eigenvalue weighted by Gasteiger charge is 2.41. The fourth-order valence-electron chi connectivity index (χ4n) is 16.1. The van der Waals surface area contributed by atoms with E-state index in [0.717, 1.165) is 156 Å². The van der Waals surface area contributed by atoms with Gasteiger partial charge in [0.05, 0.1) is 54.8 Å². The molecule has 556 valence electrons. The number of anilines is 3. The lowest BCUT2D eigenvalue weighted by atomic mass is 9.80. The molecule has 30 heteroatoms. The van der Waals surface area contributed by atoms with Crippen LogP contribution in [0.4, 0.5) is 17.6 Å². The van der Waals surface area contributed by atoms with Crippen molar-refractivity contribution in [1.29, 1.82) is 5.26 Å². The van der Waals surface area contributed by atoms with Crippen LogP contribution in [0.15, 0.2) is 73.2 Å². The Hall–Kier alpha value is -7.12. The van der Waals surface area contributed by atoms with Crippen molar-refractivity contribution in [2.45, 2.75) is 104 Å². The van der Waals surface area contributed by atoms with Crippen molar-refractivity contribution >= 4 is 132 Å². The molecular formula is C75H89Cl6N19O5. The normalized spacial score (nSPS) is 20.2. The lowest BCUT2D eigenvalue weighted by Crippen LogP contribution is -2.54. The Balaban J connectivity index is 0.000000140. The standard InChI is InChI=1S/C27H32Cl2N6O3.C24H27Cl2N7O.C24H30Cl2N6O/c1-16(21-8-7-20(28)11-22(21)29)35-27-26(25(32-35)17(2)36)30-12-23(31-27)34-14-19(15-34)18-5-3-9-33(13-18)10-4-6-24(37)38;1-15(19-5-4-18(25)9-20(19)26)33-24-23(21(10-27)30-33)28-11-22(29-24)32-13-17(14-32)16-3-2-6-31(12-16)7-8-34;1-15-21-11-27-24(31-13-18(14-31)17-4-3-7-30(12-17)8-9-33)28-23(21)32(29-15)16(2)20-6-5-19(25)10-22(20)26/h7-8,11-12,16,18-19H,3-6,9-10,13-15H2,1-2H3,(H,37,38);4-5,9,11,15-17,34H,2-3,6-8,12-14H2,1H3;5-6,10-11,16-18,33H,3-4,7-9,12-14H2,1-2H3. The number of aliphatic hydroxyl groups is 2. The SMILES string of the molecule is CC(=O)c1nn(C(C)c2ccc(Cl)cc2Cl)c2nc(N3CC(C4CCCN(CCCC(=O)O)C4)C3)cnc12.CC(c1ccc(Cl)cc1Cl)n1nc(C#N)c2ncc(N3CC(C4CCCN(CCO)C4)C3)nc21.Cc1nn(C(C)c2ccc(Cl)cc2Cl)c2nc(N3CC(C4CCCN(CCO)C4)C3)ncc12. The van der Waals surface area contributed by atoms with Crippen LogP contribution in [0.1, 0.15) is 136 Å². The molecule has 0 amide bonds. The summed E-state index contributed by atoms with van der Waals surface area (Å²) in [6.07, 6.45) is 13.6. The molecule has 0 aliphatic carbocycles. The van der Waals surface area contributed by atoms with E-state index in [1.54, 1.807) is 52.1 Å². The zero-order valence-electron chi connectivity index (χ0n) is 59.7. The number of fused-ring (bicyclic) bond motifs is 3. The largest absolute Gasteiger partial charge is 0.481 e. The number of carboxylic acids is 1. The molecule has 6 atom stereocenters. The summed E-state index contributed by atoms with van der Waals surface area (Å²) in [4.78, 5) is 65.7. The predicted octanol–water partition coefficient (Wildman–Crippen LogP) is 12.9. The van der Waals surface area contributed by atoms with Crippen molar-refractivity contribution < 1.29 is 24.9 Å². The summed E-state index contributed by atoms with van der Waals surface area (Å²) >= 11 is 37.7. The molecule has 6 aliphatic rings. The van der Waals surface area contributed by atoms with Crippen LogP contribution in [0.2, 0.25) is 30.1 Å². The maximum atomic E-state index is 12.3. The molecule has 3 N–H and O–H groups in total. The van der Waals surface area contributed by atoms with E-state index in [4.69, 9.17) is 94.8 Å². The number of likely N-dealkylation sites (tertiary alicyclic amines) is 3. The Bertz CT molecular complexity index is 4650. The van der Waals surface area contributed by atoms with Crippen molar-refractivity contribution in [3.63, 3.8) is 0 Å². The molecule has 6 aliphatic heterocycles. The number of β-amino-alcohol motifs (C(OH)–C–C–N with tert-alkyl or cyclic N) is 2. The average molecular weight is 1550 g/mol. The molecule has 15 rings (SSSR count). The van der Waals surface area contributed by atoms with Crippen LogP contribution >= 0.6 is 69.6 Å². The quantitative estimate of drug-likeness (QED) is 0.0564. The van der Waals surface area contributed by atoms with E-state index >= 15 is 0 Å². The summed E-state index contributed by atoms with van der Waals surface area (Å²) in [7, 11) is 0. The molecule has 3 aromatic carbocycles. The van der Waals surface area contributed by atoms with Crippen LogP contribution in [0.3, 0.4) is 0 Å². The van der Waals surface area contributed by atoms with Crippen molar-refractivity contribution in [2.75, 3.05) is 126 Å². The number of carbonyl (C=O) groups is 2. The van der Waals surface area contributed by atoms with Crippen LogP contribution in [0.25, 0.3) is 33.4 Å². The Morgan fingerprint density at radius 1 is 0.533 bits per heavy atom. The molecule has 6 saturated heterocycles. The number of nitrogens with zero attached hydrogens (tertiary/aromatic N) is 19. The minimum Gasteiger partial charge on any atom is -0.481 e. The Labute approximate surface area is 641 Å². The van der Waals surface area contributed by atoms with Crippen LogP contribution in [-0.4, -0.2) is 212 Å². The highest BCUT2D eigenvalue weighted by Crippen LogP contribution is 2.40. The molecule has 9 aromatic rings. The highest BCUT2D eigenvalue weighted by atomic mass is 35.5. The molecule has 0 saturated carbocycles. The van der Waals surface area contributed by atoms with E-state index in [9.17, 15) is 25.1 Å². The lowest BCUT2D eigenvalue weighted by molar-refractivity contribution is -0.137. The van der Waals surface area contributed by atoms with Gasteiger partial charge in [-0.1, -0.05) is 87.8 Å². The summed E-state index contributed by atoms with van der Waals surface area (Å²) in [6, 6.07) is 17.8. The van der Waals surface area contributed by atoms with Gasteiger partial charge in [0.2, 0.25) is 5.95 Å². The van der Waals surface area contributed by atoms with E-state index in [2.05, 4.69) is 67.5 Å². The van der Waals surface area contributed by atoms with E-state index in [0.29, 0.717) is 100 Å². The van der Waals surface area contributed by atoms with Gasteiger partial charge in [-0.2, -0.15) is 25.5 Å². The monoisotopic (exact) mass is 1550 g/mol. The number of carboxylic acid groups (broad SMARTS) is 1. The number of hydrogen-bond acceptors (Lipinski definition) is 20. The number of Topliss-reactive ketones (excluding diaryl/α,β-unsaturated/α-hetero) is 1.